The van der Waals surface area contributed by atoms with E-state index in [1.807, 2.05) is 0 Å². The lowest BCUT2D eigenvalue weighted by atomic mass is 10.1. The summed E-state index contributed by atoms with van der Waals surface area (Å²) in [4.78, 5) is 23.4. The van der Waals surface area contributed by atoms with Gasteiger partial charge in [0.15, 0.2) is 9.84 Å². The molecule has 1 saturated heterocycles. The highest BCUT2D eigenvalue weighted by Crippen LogP contribution is 2.17. The number of carbonyl (C=O) groups is 2. The first-order valence-electron chi connectivity index (χ1n) is 6.21. The molecule has 0 bridgehead atoms. The van der Waals surface area contributed by atoms with Crippen LogP contribution in [0, 0.1) is 5.92 Å². The molecule has 2 amide bonds. The first-order chi connectivity index (χ1) is 8.80. The Morgan fingerprint density at radius 1 is 1.42 bits per heavy atom. The summed E-state index contributed by atoms with van der Waals surface area (Å²) >= 11 is 0. The molecule has 19 heavy (non-hydrogen) atoms. The molecule has 1 aliphatic rings. The quantitative estimate of drug-likeness (QED) is 0.713. The Kier molecular flexibility index (Phi) is 5.59. The number of nitrogens with one attached hydrogen (secondary N) is 1. The fourth-order valence-corrected chi connectivity index (χ4v) is 3.83. The molecule has 0 aliphatic carbocycles. The minimum absolute atomic E-state index is 0.0126. The van der Waals surface area contributed by atoms with Crippen molar-refractivity contribution in [1.29, 1.82) is 0 Å². The van der Waals surface area contributed by atoms with Gasteiger partial charge in [-0.25, -0.2) is 13.2 Å². The molecule has 0 aromatic rings. The van der Waals surface area contributed by atoms with Crippen LogP contribution < -0.4 is 5.32 Å². The van der Waals surface area contributed by atoms with E-state index < -0.39 is 15.8 Å². The Bertz CT molecular complexity index is 434. The molecule has 0 aromatic carbocycles. The zero-order valence-corrected chi connectivity index (χ0v) is 11.8. The van der Waals surface area contributed by atoms with E-state index in [1.165, 1.54) is 4.90 Å². The Morgan fingerprint density at radius 3 is 2.63 bits per heavy atom. The SMILES string of the molecule is CN(CCCC(=O)O)C(=O)NCC1CCS(=O)(=O)C1. The maximum Gasteiger partial charge on any atom is 0.317 e. The van der Waals surface area contributed by atoms with Crippen LogP contribution in [0.4, 0.5) is 4.79 Å². The summed E-state index contributed by atoms with van der Waals surface area (Å²) in [6.07, 6.45) is 1.01. The fourth-order valence-electron chi connectivity index (χ4n) is 1.97. The number of hydrogen-bond acceptors (Lipinski definition) is 4. The molecule has 1 heterocycles. The van der Waals surface area contributed by atoms with Gasteiger partial charge in [-0.05, 0) is 18.8 Å². The standard InChI is InChI=1S/C11H20N2O5S/c1-13(5-2-3-10(14)15)11(16)12-7-9-4-6-19(17,18)8-9/h9H,2-8H2,1H3,(H,12,16)(H,14,15). The monoisotopic (exact) mass is 292 g/mol. The predicted octanol–water partition coefficient (Wildman–Crippen LogP) is -0.0727. The maximum absolute atomic E-state index is 11.7. The van der Waals surface area contributed by atoms with Crippen LogP contribution in [0.2, 0.25) is 0 Å². The van der Waals surface area contributed by atoms with Crippen molar-refractivity contribution in [1.82, 2.24) is 10.2 Å². The molecule has 1 aliphatic heterocycles. The van der Waals surface area contributed by atoms with Crippen LogP contribution in [0.25, 0.3) is 0 Å². The van der Waals surface area contributed by atoms with Crippen molar-refractivity contribution in [2.45, 2.75) is 19.3 Å². The van der Waals surface area contributed by atoms with Gasteiger partial charge in [0.1, 0.15) is 0 Å². The van der Waals surface area contributed by atoms with E-state index in [4.69, 9.17) is 5.11 Å². The number of amides is 2. The summed E-state index contributed by atoms with van der Waals surface area (Å²) in [5, 5.41) is 11.2. The summed E-state index contributed by atoms with van der Waals surface area (Å²) in [5.41, 5.74) is 0. The van der Waals surface area contributed by atoms with Gasteiger partial charge in [-0.15, -0.1) is 0 Å². The van der Waals surface area contributed by atoms with Crippen molar-refractivity contribution in [3.63, 3.8) is 0 Å². The molecule has 8 heteroatoms. The molecule has 0 saturated carbocycles. The Balaban J connectivity index is 2.22. The summed E-state index contributed by atoms with van der Waals surface area (Å²) in [6.45, 7) is 0.711. The fraction of sp³-hybridized carbons (Fsp3) is 0.818. The lowest BCUT2D eigenvalue weighted by Crippen LogP contribution is -2.40. The van der Waals surface area contributed by atoms with E-state index in [1.54, 1.807) is 7.05 Å². The minimum Gasteiger partial charge on any atom is -0.481 e. The normalized spacial score (nSPS) is 21.0. The lowest BCUT2D eigenvalue weighted by Gasteiger charge is -2.18. The Morgan fingerprint density at radius 2 is 2.11 bits per heavy atom. The number of carbonyl (C=O) groups excluding carboxylic acids is 1. The maximum atomic E-state index is 11.7. The van der Waals surface area contributed by atoms with Crippen molar-refractivity contribution < 1.29 is 23.1 Å². The number of carboxylic acid groups (broad SMARTS) is 1. The molecule has 1 rings (SSSR count). The molecule has 0 radical (unpaired) electrons. The van der Waals surface area contributed by atoms with Crippen LogP contribution in [0.3, 0.4) is 0 Å². The molecule has 0 aromatic heterocycles. The molecular formula is C11H20N2O5S. The largest absolute Gasteiger partial charge is 0.481 e. The molecule has 0 spiro atoms. The second-order valence-electron chi connectivity index (χ2n) is 4.87. The van der Waals surface area contributed by atoms with Crippen molar-refractivity contribution >= 4 is 21.8 Å². The third kappa shape index (κ3) is 5.91. The highest BCUT2D eigenvalue weighted by molar-refractivity contribution is 7.91. The van der Waals surface area contributed by atoms with Gasteiger partial charge < -0.3 is 15.3 Å². The van der Waals surface area contributed by atoms with Crippen LogP contribution in [0.1, 0.15) is 19.3 Å². The molecular weight excluding hydrogens is 272 g/mol. The highest BCUT2D eigenvalue weighted by atomic mass is 32.2. The van der Waals surface area contributed by atoms with Crippen LogP contribution in [0.5, 0.6) is 0 Å². The summed E-state index contributed by atoms with van der Waals surface area (Å²) < 4.78 is 22.5. The zero-order chi connectivity index (χ0) is 14.5. The van der Waals surface area contributed by atoms with Gasteiger partial charge in [0, 0.05) is 26.6 Å². The van der Waals surface area contributed by atoms with E-state index in [0.717, 1.165) is 0 Å². The number of carboxylic acids is 1. The van der Waals surface area contributed by atoms with Crippen molar-refractivity contribution in [3.05, 3.63) is 0 Å². The number of aliphatic carboxylic acids is 1. The van der Waals surface area contributed by atoms with Crippen molar-refractivity contribution in [3.8, 4) is 0 Å². The number of urea groups is 1. The Hall–Kier alpha value is -1.31. The zero-order valence-electron chi connectivity index (χ0n) is 11.0. The molecule has 7 nitrogen and oxygen atoms in total. The van der Waals surface area contributed by atoms with Gasteiger partial charge >= 0.3 is 12.0 Å². The average Bonchev–Trinajstić information content (AvgIpc) is 2.65. The van der Waals surface area contributed by atoms with Gasteiger partial charge in [0.25, 0.3) is 0 Å². The Labute approximate surface area is 112 Å². The second-order valence-corrected chi connectivity index (χ2v) is 7.10. The van der Waals surface area contributed by atoms with E-state index >= 15 is 0 Å². The summed E-state index contributed by atoms with van der Waals surface area (Å²) in [6, 6.07) is -0.297. The lowest BCUT2D eigenvalue weighted by molar-refractivity contribution is -0.137. The summed E-state index contributed by atoms with van der Waals surface area (Å²) in [5.74, 6) is -0.566. The minimum atomic E-state index is -2.92. The molecule has 1 atom stereocenters. The molecule has 2 N–H and O–H groups in total. The van der Waals surface area contributed by atoms with Crippen LogP contribution >= 0.6 is 0 Å². The average molecular weight is 292 g/mol. The van der Waals surface area contributed by atoms with E-state index in [2.05, 4.69) is 5.32 Å². The third-order valence-electron chi connectivity index (χ3n) is 3.10. The third-order valence-corrected chi connectivity index (χ3v) is 4.94. The summed E-state index contributed by atoms with van der Waals surface area (Å²) in [7, 11) is -1.33. The van der Waals surface area contributed by atoms with Gasteiger partial charge in [-0.3, -0.25) is 4.79 Å². The number of sulfone groups is 1. The molecule has 1 fully saturated rings. The smallest absolute Gasteiger partial charge is 0.317 e. The first-order valence-corrected chi connectivity index (χ1v) is 8.03. The number of hydrogen-bond donors (Lipinski definition) is 2. The van der Waals surface area contributed by atoms with E-state index in [-0.39, 0.29) is 29.9 Å². The van der Waals surface area contributed by atoms with Gasteiger partial charge in [0.2, 0.25) is 0 Å². The van der Waals surface area contributed by atoms with Crippen LogP contribution in [-0.4, -0.2) is 62.1 Å². The van der Waals surface area contributed by atoms with Gasteiger partial charge in [0.05, 0.1) is 11.5 Å². The molecule has 110 valence electrons. The number of rotatable bonds is 6. The first kappa shape index (κ1) is 15.7. The second kappa shape index (κ2) is 6.74. The van der Waals surface area contributed by atoms with Crippen molar-refractivity contribution in [2.24, 2.45) is 5.92 Å². The number of nitrogens with zero attached hydrogens (tertiary/aromatic N) is 1. The topological polar surface area (TPSA) is 104 Å². The highest BCUT2D eigenvalue weighted by Gasteiger charge is 2.28. The van der Waals surface area contributed by atoms with Crippen LogP contribution in [0.15, 0.2) is 0 Å². The molecule has 1 unspecified atom stereocenters. The van der Waals surface area contributed by atoms with E-state index in [0.29, 0.717) is 25.9 Å². The van der Waals surface area contributed by atoms with Gasteiger partial charge in [-0.2, -0.15) is 0 Å². The van der Waals surface area contributed by atoms with E-state index in [9.17, 15) is 18.0 Å². The van der Waals surface area contributed by atoms with Crippen molar-refractivity contribution in [2.75, 3.05) is 31.6 Å². The predicted molar refractivity (Wildman–Crippen MR) is 69.7 cm³/mol. The van der Waals surface area contributed by atoms with Crippen LogP contribution in [-0.2, 0) is 14.6 Å². The van der Waals surface area contributed by atoms with Gasteiger partial charge in [-0.1, -0.05) is 0 Å².